The number of hydrogen-bond acceptors (Lipinski definition) is 3. The third-order valence-electron chi connectivity index (χ3n) is 2.73. The Balaban J connectivity index is 2.00. The van der Waals surface area contributed by atoms with Crippen molar-refractivity contribution in [1.29, 1.82) is 0 Å². The van der Waals surface area contributed by atoms with Gasteiger partial charge in [-0.15, -0.1) is 0 Å². The van der Waals surface area contributed by atoms with Crippen molar-refractivity contribution >= 4 is 11.7 Å². The van der Waals surface area contributed by atoms with Gasteiger partial charge in [0.25, 0.3) is 5.91 Å². The van der Waals surface area contributed by atoms with Crippen molar-refractivity contribution in [2.24, 2.45) is 7.05 Å². The number of aromatic nitrogens is 2. The average molecular weight is 277 g/mol. The summed E-state index contributed by atoms with van der Waals surface area (Å²) in [5, 5.41) is 6.84. The highest BCUT2D eigenvalue weighted by Crippen LogP contribution is 2.15. The van der Waals surface area contributed by atoms with E-state index < -0.39 is 11.9 Å². The minimum absolute atomic E-state index is 0.314. The summed E-state index contributed by atoms with van der Waals surface area (Å²) in [5.41, 5.74) is 0.807. The predicted molar refractivity (Wildman–Crippen MR) is 73.1 cm³/mol. The molecule has 2 aromatic rings. The number of nitrogens with one attached hydrogen (secondary N) is 1. The molecule has 0 radical (unpaired) electrons. The minimum Gasteiger partial charge on any atom is -0.481 e. The molecule has 0 aliphatic carbocycles. The first-order valence-corrected chi connectivity index (χ1v) is 6.19. The van der Waals surface area contributed by atoms with Gasteiger partial charge in [-0.2, -0.15) is 5.10 Å². The van der Waals surface area contributed by atoms with Crippen LogP contribution in [0.3, 0.4) is 0 Å². The van der Waals surface area contributed by atoms with Crippen molar-refractivity contribution in [2.45, 2.75) is 20.0 Å². The highest BCUT2D eigenvalue weighted by molar-refractivity contribution is 5.93. The second kappa shape index (κ2) is 5.73. The van der Waals surface area contributed by atoms with Gasteiger partial charge in [-0.05, 0) is 26.0 Å². The van der Waals surface area contributed by atoms with Crippen molar-refractivity contribution in [2.75, 3.05) is 5.32 Å². The molecule has 6 heteroatoms. The van der Waals surface area contributed by atoms with Crippen LogP contribution in [0.4, 0.5) is 10.2 Å². The summed E-state index contributed by atoms with van der Waals surface area (Å²) in [5.74, 6) is 0.172. The Morgan fingerprint density at radius 2 is 2.20 bits per heavy atom. The Morgan fingerprint density at radius 3 is 2.80 bits per heavy atom. The highest BCUT2D eigenvalue weighted by atomic mass is 19.1. The van der Waals surface area contributed by atoms with Gasteiger partial charge in [-0.1, -0.05) is 6.07 Å². The monoisotopic (exact) mass is 277 g/mol. The molecule has 5 nitrogen and oxygen atoms in total. The highest BCUT2D eigenvalue weighted by Gasteiger charge is 2.16. The standard InChI is InChI=1S/C14H16FN3O2/c1-9-7-13(18(3)17-9)16-14(19)10(2)20-12-6-4-5-11(15)8-12/h4-8,10H,1-3H3,(H,16,19)/t10-/m0/s1. The van der Waals surface area contributed by atoms with E-state index in [0.29, 0.717) is 11.6 Å². The topological polar surface area (TPSA) is 56.1 Å². The zero-order chi connectivity index (χ0) is 14.7. The maximum absolute atomic E-state index is 13.0. The van der Waals surface area contributed by atoms with Crippen LogP contribution >= 0.6 is 0 Å². The largest absolute Gasteiger partial charge is 0.481 e. The third-order valence-corrected chi connectivity index (χ3v) is 2.73. The number of ether oxygens (including phenoxy) is 1. The van der Waals surface area contributed by atoms with Gasteiger partial charge in [0, 0.05) is 19.2 Å². The summed E-state index contributed by atoms with van der Waals surface area (Å²) in [6.45, 7) is 3.44. The van der Waals surface area contributed by atoms with E-state index in [1.54, 1.807) is 30.8 Å². The molecule has 2 rings (SSSR count). The Morgan fingerprint density at radius 1 is 1.45 bits per heavy atom. The van der Waals surface area contributed by atoms with Crippen molar-refractivity contribution in [3.8, 4) is 5.75 Å². The van der Waals surface area contributed by atoms with Crippen LogP contribution in [0.25, 0.3) is 0 Å². The number of benzene rings is 1. The lowest BCUT2D eigenvalue weighted by Crippen LogP contribution is -2.30. The lowest BCUT2D eigenvalue weighted by atomic mass is 10.3. The normalized spacial score (nSPS) is 12.0. The first-order chi connectivity index (χ1) is 9.45. The van der Waals surface area contributed by atoms with Crippen LogP contribution in [0.5, 0.6) is 5.75 Å². The van der Waals surface area contributed by atoms with Crippen LogP contribution < -0.4 is 10.1 Å². The molecule has 0 aliphatic rings. The van der Waals surface area contributed by atoms with Crippen LogP contribution in [-0.4, -0.2) is 21.8 Å². The second-order valence-electron chi connectivity index (χ2n) is 4.50. The van der Waals surface area contributed by atoms with Crippen LogP contribution in [0.1, 0.15) is 12.6 Å². The fourth-order valence-corrected chi connectivity index (χ4v) is 1.75. The van der Waals surface area contributed by atoms with Gasteiger partial charge in [0.1, 0.15) is 17.4 Å². The quantitative estimate of drug-likeness (QED) is 0.932. The van der Waals surface area contributed by atoms with Crippen LogP contribution in [0.2, 0.25) is 0 Å². The zero-order valence-electron chi connectivity index (χ0n) is 11.6. The van der Waals surface area contributed by atoms with Gasteiger partial charge < -0.3 is 10.1 Å². The first-order valence-electron chi connectivity index (χ1n) is 6.19. The van der Waals surface area contributed by atoms with Crippen molar-refractivity contribution in [3.63, 3.8) is 0 Å². The fourth-order valence-electron chi connectivity index (χ4n) is 1.75. The van der Waals surface area contributed by atoms with E-state index in [1.807, 2.05) is 6.92 Å². The number of rotatable bonds is 4. The molecule has 1 aromatic carbocycles. The molecule has 0 aliphatic heterocycles. The molecule has 106 valence electrons. The summed E-state index contributed by atoms with van der Waals surface area (Å²) >= 11 is 0. The Labute approximate surface area is 116 Å². The SMILES string of the molecule is Cc1cc(NC(=O)[C@H](C)Oc2cccc(F)c2)n(C)n1. The number of aryl methyl sites for hydroxylation is 2. The smallest absolute Gasteiger partial charge is 0.266 e. The van der Waals surface area contributed by atoms with Crippen LogP contribution in [0.15, 0.2) is 30.3 Å². The maximum atomic E-state index is 13.0. The third kappa shape index (κ3) is 3.34. The molecule has 20 heavy (non-hydrogen) atoms. The molecule has 1 amide bonds. The number of halogens is 1. The van der Waals surface area contributed by atoms with Gasteiger partial charge in [0.05, 0.1) is 5.69 Å². The molecular formula is C14H16FN3O2. The van der Waals surface area contributed by atoms with E-state index in [-0.39, 0.29) is 5.91 Å². The molecule has 0 saturated heterocycles. The molecular weight excluding hydrogens is 261 g/mol. The fraction of sp³-hybridized carbons (Fsp3) is 0.286. The lowest BCUT2D eigenvalue weighted by Gasteiger charge is -2.14. The zero-order valence-corrected chi connectivity index (χ0v) is 11.6. The number of amides is 1. The van der Waals surface area contributed by atoms with Crippen molar-refractivity contribution < 1.29 is 13.9 Å². The van der Waals surface area contributed by atoms with Gasteiger partial charge in [0.2, 0.25) is 0 Å². The summed E-state index contributed by atoms with van der Waals surface area (Å²) < 4.78 is 20.0. The summed E-state index contributed by atoms with van der Waals surface area (Å²) in [6, 6.07) is 7.43. The number of anilines is 1. The van der Waals surface area contributed by atoms with E-state index in [0.717, 1.165) is 5.69 Å². The van der Waals surface area contributed by atoms with Gasteiger partial charge >= 0.3 is 0 Å². The van der Waals surface area contributed by atoms with E-state index in [4.69, 9.17) is 4.74 Å². The molecule has 0 unspecified atom stereocenters. The molecule has 1 atom stereocenters. The molecule has 1 heterocycles. The van der Waals surface area contributed by atoms with E-state index in [2.05, 4.69) is 10.4 Å². The number of nitrogens with zero attached hydrogens (tertiary/aromatic N) is 2. The summed E-state index contributed by atoms with van der Waals surface area (Å²) in [4.78, 5) is 12.0. The average Bonchev–Trinajstić information content (AvgIpc) is 2.67. The first kappa shape index (κ1) is 14.0. The molecule has 0 bridgehead atoms. The molecule has 0 saturated carbocycles. The van der Waals surface area contributed by atoms with E-state index >= 15 is 0 Å². The van der Waals surface area contributed by atoms with Gasteiger partial charge in [0.15, 0.2) is 6.10 Å². The lowest BCUT2D eigenvalue weighted by molar-refractivity contribution is -0.122. The molecule has 1 N–H and O–H groups in total. The second-order valence-corrected chi connectivity index (χ2v) is 4.50. The minimum atomic E-state index is -0.744. The van der Waals surface area contributed by atoms with Gasteiger partial charge in [-0.25, -0.2) is 4.39 Å². The van der Waals surface area contributed by atoms with E-state index in [9.17, 15) is 9.18 Å². The summed E-state index contributed by atoms with van der Waals surface area (Å²) in [6.07, 6.45) is -0.744. The summed E-state index contributed by atoms with van der Waals surface area (Å²) in [7, 11) is 1.74. The molecule has 1 aromatic heterocycles. The Hall–Kier alpha value is -2.37. The van der Waals surface area contributed by atoms with Crippen molar-refractivity contribution in [3.05, 3.63) is 41.8 Å². The molecule has 0 fully saturated rings. The predicted octanol–water partition coefficient (Wildman–Crippen LogP) is 2.27. The Kier molecular flexibility index (Phi) is 4.02. The van der Waals surface area contributed by atoms with Crippen LogP contribution in [-0.2, 0) is 11.8 Å². The van der Waals surface area contributed by atoms with Crippen molar-refractivity contribution in [1.82, 2.24) is 9.78 Å². The Bertz CT molecular complexity index is 625. The maximum Gasteiger partial charge on any atom is 0.266 e. The number of carbonyl (C=O) groups excluding carboxylic acids is 1. The molecule has 0 spiro atoms. The number of carbonyl (C=O) groups is 1. The van der Waals surface area contributed by atoms with Crippen LogP contribution in [0, 0.1) is 12.7 Å². The van der Waals surface area contributed by atoms with Gasteiger partial charge in [-0.3, -0.25) is 9.48 Å². The van der Waals surface area contributed by atoms with E-state index in [1.165, 1.54) is 18.2 Å². The number of hydrogen-bond donors (Lipinski definition) is 1.